The Balaban J connectivity index is 2.13. The van der Waals surface area contributed by atoms with Crippen molar-refractivity contribution in [2.45, 2.75) is 25.7 Å². The highest BCUT2D eigenvalue weighted by Crippen LogP contribution is 2.27. The SMILES string of the molecule is CN(C)C(=O)c1nn(-c2ccc(F)cc2)c2c1CCCC2. The summed E-state index contributed by atoms with van der Waals surface area (Å²) < 4.78 is 14.9. The van der Waals surface area contributed by atoms with Crippen molar-refractivity contribution in [1.82, 2.24) is 14.7 Å². The van der Waals surface area contributed by atoms with E-state index < -0.39 is 0 Å². The van der Waals surface area contributed by atoms with Crippen LogP contribution in [0, 0.1) is 5.82 Å². The molecule has 1 aliphatic rings. The van der Waals surface area contributed by atoms with Crippen LogP contribution in [0.5, 0.6) is 0 Å². The third kappa shape index (κ3) is 2.44. The van der Waals surface area contributed by atoms with E-state index in [0.29, 0.717) is 5.69 Å². The number of carbonyl (C=O) groups excluding carboxylic acids is 1. The summed E-state index contributed by atoms with van der Waals surface area (Å²) in [6.45, 7) is 0. The molecule has 4 nitrogen and oxygen atoms in total. The van der Waals surface area contributed by atoms with Crippen LogP contribution < -0.4 is 0 Å². The van der Waals surface area contributed by atoms with Gasteiger partial charge in [-0.05, 0) is 49.9 Å². The van der Waals surface area contributed by atoms with Crippen LogP contribution in [0.3, 0.4) is 0 Å². The number of nitrogens with zero attached hydrogens (tertiary/aromatic N) is 3. The van der Waals surface area contributed by atoms with Crippen LogP contribution >= 0.6 is 0 Å². The van der Waals surface area contributed by atoms with E-state index in [1.807, 2.05) is 0 Å². The molecule has 0 fully saturated rings. The lowest BCUT2D eigenvalue weighted by Crippen LogP contribution is -2.23. The smallest absolute Gasteiger partial charge is 0.274 e. The van der Waals surface area contributed by atoms with Gasteiger partial charge in [0.2, 0.25) is 0 Å². The molecule has 0 saturated carbocycles. The summed E-state index contributed by atoms with van der Waals surface area (Å²) in [7, 11) is 3.46. The predicted molar refractivity (Wildman–Crippen MR) is 78.2 cm³/mol. The molecule has 0 aliphatic heterocycles. The number of amides is 1. The Morgan fingerprint density at radius 3 is 2.52 bits per heavy atom. The van der Waals surface area contributed by atoms with Crippen molar-refractivity contribution < 1.29 is 9.18 Å². The lowest BCUT2D eigenvalue weighted by Gasteiger charge is -2.14. The van der Waals surface area contributed by atoms with Gasteiger partial charge in [0.1, 0.15) is 5.82 Å². The van der Waals surface area contributed by atoms with Crippen molar-refractivity contribution in [2.75, 3.05) is 14.1 Å². The van der Waals surface area contributed by atoms with Crippen molar-refractivity contribution in [3.8, 4) is 5.69 Å². The van der Waals surface area contributed by atoms with Crippen LogP contribution in [0.1, 0.15) is 34.6 Å². The Labute approximate surface area is 123 Å². The van der Waals surface area contributed by atoms with Crippen LogP contribution in [0.4, 0.5) is 4.39 Å². The molecule has 1 amide bonds. The highest BCUT2D eigenvalue weighted by Gasteiger charge is 2.26. The Kier molecular flexibility index (Phi) is 3.49. The number of rotatable bonds is 2. The molecule has 0 atom stereocenters. The first-order chi connectivity index (χ1) is 10.1. The molecule has 0 saturated heterocycles. The molecule has 0 radical (unpaired) electrons. The lowest BCUT2D eigenvalue weighted by molar-refractivity contribution is 0.0820. The first kappa shape index (κ1) is 13.8. The van der Waals surface area contributed by atoms with Crippen molar-refractivity contribution in [3.05, 3.63) is 47.0 Å². The van der Waals surface area contributed by atoms with E-state index in [4.69, 9.17) is 0 Å². The number of hydrogen-bond acceptors (Lipinski definition) is 2. The van der Waals surface area contributed by atoms with E-state index >= 15 is 0 Å². The van der Waals surface area contributed by atoms with Crippen molar-refractivity contribution >= 4 is 5.91 Å². The summed E-state index contributed by atoms with van der Waals surface area (Å²) >= 11 is 0. The number of benzene rings is 1. The molecule has 0 bridgehead atoms. The monoisotopic (exact) mass is 287 g/mol. The van der Waals surface area contributed by atoms with Gasteiger partial charge in [0.05, 0.1) is 5.69 Å². The fourth-order valence-corrected chi connectivity index (χ4v) is 2.78. The molecule has 0 spiro atoms. The second-order valence-electron chi connectivity index (χ2n) is 5.57. The van der Waals surface area contributed by atoms with Crippen molar-refractivity contribution in [2.24, 2.45) is 0 Å². The van der Waals surface area contributed by atoms with Gasteiger partial charge in [-0.1, -0.05) is 0 Å². The summed E-state index contributed by atoms with van der Waals surface area (Å²) in [5.41, 5.74) is 3.45. The molecular formula is C16H18FN3O. The van der Waals surface area contributed by atoms with Gasteiger partial charge in [-0.3, -0.25) is 4.79 Å². The topological polar surface area (TPSA) is 38.1 Å². The van der Waals surface area contributed by atoms with Gasteiger partial charge in [0.25, 0.3) is 5.91 Å². The van der Waals surface area contributed by atoms with Gasteiger partial charge in [0.15, 0.2) is 5.69 Å². The molecule has 1 aliphatic carbocycles. The third-order valence-corrected chi connectivity index (χ3v) is 3.86. The fraction of sp³-hybridized carbons (Fsp3) is 0.375. The average molecular weight is 287 g/mol. The van der Waals surface area contributed by atoms with E-state index in [1.54, 1.807) is 35.8 Å². The second-order valence-corrected chi connectivity index (χ2v) is 5.57. The molecule has 1 heterocycles. The van der Waals surface area contributed by atoms with Crippen molar-refractivity contribution in [1.29, 1.82) is 0 Å². The molecule has 0 unspecified atom stereocenters. The molecule has 21 heavy (non-hydrogen) atoms. The predicted octanol–water partition coefficient (Wildman–Crippen LogP) is 2.59. The Morgan fingerprint density at radius 1 is 1.19 bits per heavy atom. The Morgan fingerprint density at radius 2 is 1.86 bits per heavy atom. The molecule has 110 valence electrons. The first-order valence-corrected chi connectivity index (χ1v) is 7.16. The quantitative estimate of drug-likeness (QED) is 0.851. The normalized spacial score (nSPS) is 13.9. The van der Waals surface area contributed by atoms with E-state index in [1.165, 1.54) is 12.1 Å². The lowest BCUT2D eigenvalue weighted by atomic mass is 9.95. The van der Waals surface area contributed by atoms with Crippen LogP contribution in [0.15, 0.2) is 24.3 Å². The Bertz CT molecular complexity index is 674. The zero-order chi connectivity index (χ0) is 15.0. The van der Waals surface area contributed by atoms with E-state index in [0.717, 1.165) is 42.6 Å². The summed E-state index contributed by atoms with van der Waals surface area (Å²) in [5.74, 6) is -0.349. The van der Waals surface area contributed by atoms with Crippen LogP contribution in [0.25, 0.3) is 5.69 Å². The fourth-order valence-electron chi connectivity index (χ4n) is 2.78. The largest absolute Gasteiger partial charge is 0.343 e. The summed E-state index contributed by atoms with van der Waals surface area (Å²) in [6, 6.07) is 6.22. The minimum Gasteiger partial charge on any atom is -0.343 e. The zero-order valence-electron chi connectivity index (χ0n) is 12.3. The first-order valence-electron chi connectivity index (χ1n) is 7.16. The number of halogens is 1. The number of carbonyl (C=O) groups is 1. The van der Waals surface area contributed by atoms with Gasteiger partial charge in [-0.15, -0.1) is 0 Å². The maximum Gasteiger partial charge on any atom is 0.274 e. The molecule has 5 heteroatoms. The van der Waals surface area contributed by atoms with E-state index in [2.05, 4.69) is 5.10 Å². The number of hydrogen-bond donors (Lipinski definition) is 0. The molecule has 3 rings (SSSR count). The third-order valence-electron chi connectivity index (χ3n) is 3.86. The van der Waals surface area contributed by atoms with Gasteiger partial charge in [0, 0.05) is 25.4 Å². The molecular weight excluding hydrogens is 269 g/mol. The average Bonchev–Trinajstić information content (AvgIpc) is 2.87. The Hall–Kier alpha value is -2.17. The molecule has 1 aromatic carbocycles. The second kappa shape index (κ2) is 5.31. The van der Waals surface area contributed by atoms with Gasteiger partial charge in [-0.2, -0.15) is 5.10 Å². The van der Waals surface area contributed by atoms with Crippen LogP contribution in [-0.4, -0.2) is 34.7 Å². The van der Waals surface area contributed by atoms with E-state index in [9.17, 15) is 9.18 Å². The molecule has 1 aromatic heterocycles. The summed E-state index contributed by atoms with van der Waals surface area (Å²) in [6.07, 6.45) is 3.96. The molecule has 2 aromatic rings. The van der Waals surface area contributed by atoms with Crippen LogP contribution in [0.2, 0.25) is 0 Å². The number of aromatic nitrogens is 2. The van der Waals surface area contributed by atoms with Gasteiger partial charge >= 0.3 is 0 Å². The van der Waals surface area contributed by atoms with E-state index in [-0.39, 0.29) is 11.7 Å². The standard InChI is InChI=1S/C16H18FN3O/c1-19(2)16(21)15-13-5-3-4-6-14(13)20(18-15)12-9-7-11(17)8-10-12/h7-10H,3-6H2,1-2H3. The van der Waals surface area contributed by atoms with Crippen LogP contribution in [-0.2, 0) is 12.8 Å². The maximum absolute atomic E-state index is 13.1. The number of fused-ring (bicyclic) bond motifs is 1. The molecule has 0 N–H and O–H groups in total. The van der Waals surface area contributed by atoms with Gasteiger partial charge in [-0.25, -0.2) is 9.07 Å². The maximum atomic E-state index is 13.1. The highest BCUT2D eigenvalue weighted by atomic mass is 19.1. The minimum absolute atomic E-state index is 0.0750. The van der Waals surface area contributed by atoms with Gasteiger partial charge < -0.3 is 4.90 Å². The summed E-state index contributed by atoms with van der Waals surface area (Å²) in [4.78, 5) is 13.9. The minimum atomic E-state index is -0.274. The summed E-state index contributed by atoms with van der Waals surface area (Å²) in [5, 5.41) is 4.52. The van der Waals surface area contributed by atoms with Crippen molar-refractivity contribution in [3.63, 3.8) is 0 Å². The zero-order valence-corrected chi connectivity index (χ0v) is 12.3. The highest BCUT2D eigenvalue weighted by molar-refractivity contribution is 5.93.